The van der Waals surface area contributed by atoms with Gasteiger partial charge in [-0.3, -0.25) is 4.79 Å². The normalized spacial score (nSPS) is 10.5. The van der Waals surface area contributed by atoms with Crippen LogP contribution in [0.2, 0.25) is 0 Å². The Morgan fingerprint density at radius 1 is 1.27 bits per heavy atom. The first-order chi connectivity index (χ1) is 12.6. The average molecular weight is 389 g/mol. The summed E-state index contributed by atoms with van der Waals surface area (Å²) in [4.78, 5) is 24.2. The predicted octanol–water partition coefficient (Wildman–Crippen LogP) is 2.55. The van der Waals surface area contributed by atoms with Crippen molar-refractivity contribution in [3.63, 3.8) is 0 Å². The van der Waals surface area contributed by atoms with Gasteiger partial charge in [-0.25, -0.2) is 4.79 Å². The lowest BCUT2D eigenvalue weighted by molar-refractivity contribution is -0.113. The highest BCUT2D eigenvalue weighted by Crippen LogP contribution is 2.24. The molecule has 0 radical (unpaired) electrons. The van der Waals surface area contributed by atoms with Gasteiger partial charge in [-0.15, -0.1) is 16.4 Å². The van der Waals surface area contributed by atoms with Crippen LogP contribution in [0.5, 0.6) is 0 Å². The maximum Gasteiger partial charge on any atom is 0.350 e. The molecule has 1 aromatic carbocycles. The highest BCUT2D eigenvalue weighted by atomic mass is 32.2. The fourth-order valence-corrected chi connectivity index (χ4v) is 3.55. The number of benzene rings is 1. The zero-order valence-corrected chi connectivity index (χ0v) is 15.6. The number of thiophene rings is 1. The number of nitrogens with zero attached hydrogens (tertiary/aromatic N) is 4. The van der Waals surface area contributed by atoms with Gasteiger partial charge in [0, 0.05) is 0 Å². The van der Waals surface area contributed by atoms with Crippen LogP contribution in [-0.4, -0.2) is 44.9 Å². The third kappa shape index (κ3) is 4.09. The molecule has 0 saturated carbocycles. The summed E-state index contributed by atoms with van der Waals surface area (Å²) >= 11 is 2.41. The lowest BCUT2D eigenvalue weighted by Crippen LogP contribution is -2.16. The Bertz CT molecular complexity index is 920. The van der Waals surface area contributed by atoms with Gasteiger partial charge in [0.25, 0.3) is 0 Å². The minimum absolute atomic E-state index is 0.0999. The van der Waals surface area contributed by atoms with Crippen LogP contribution in [-0.2, 0) is 9.53 Å². The molecular weight excluding hydrogens is 374 g/mol. The zero-order chi connectivity index (χ0) is 18.5. The number of methoxy groups -OCH3 is 1. The largest absolute Gasteiger partial charge is 0.465 e. The van der Waals surface area contributed by atoms with Crippen molar-refractivity contribution in [2.45, 2.75) is 12.1 Å². The van der Waals surface area contributed by atoms with Crippen molar-refractivity contribution in [2.24, 2.45) is 0 Å². The molecule has 0 aliphatic rings. The van der Waals surface area contributed by atoms with Gasteiger partial charge in [0.1, 0.15) is 4.88 Å². The molecule has 2 aromatic heterocycles. The molecule has 1 N–H and O–H groups in total. The lowest BCUT2D eigenvalue weighted by Gasteiger charge is -2.06. The maximum absolute atomic E-state index is 12.2. The smallest absolute Gasteiger partial charge is 0.350 e. The number of aromatic nitrogens is 4. The molecule has 10 heteroatoms. The molecule has 3 rings (SSSR count). The van der Waals surface area contributed by atoms with Crippen molar-refractivity contribution in [3.05, 3.63) is 46.2 Å². The summed E-state index contributed by atoms with van der Waals surface area (Å²) in [5.41, 5.74) is 2.38. The van der Waals surface area contributed by atoms with E-state index in [2.05, 4.69) is 20.8 Å². The molecule has 26 heavy (non-hydrogen) atoms. The highest BCUT2D eigenvalue weighted by Gasteiger charge is 2.17. The van der Waals surface area contributed by atoms with Crippen LogP contribution >= 0.6 is 23.1 Å². The Labute approximate surface area is 157 Å². The molecule has 0 atom stereocenters. The SMILES string of the molecule is COC(=O)c1sccc1NC(=O)CSc1nnnn1-c1ccc(C)cc1. The van der Waals surface area contributed by atoms with Crippen molar-refractivity contribution < 1.29 is 14.3 Å². The number of carbonyl (C=O) groups is 2. The lowest BCUT2D eigenvalue weighted by atomic mass is 10.2. The topological polar surface area (TPSA) is 99.0 Å². The first-order valence-electron chi connectivity index (χ1n) is 7.52. The quantitative estimate of drug-likeness (QED) is 0.511. The highest BCUT2D eigenvalue weighted by molar-refractivity contribution is 7.99. The Morgan fingerprint density at radius 3 is 2.77 bits per heavy atom. The van der Waals surface area contributed by atoms with Crippen LogP contribution in [0.15, 0.2) is 40.9 Å². The standard InChI is InChI=1S/C16H15N5O3S2/c1-10-3-5-11(6-4-10)21-16(18-19-20-21)26-9-13(22)17-12-7-8-25-14(12)15(23)24-2/h3-8H,9H2,1-2H3,(H,17,22). The monoisotopic (exact) mass is 389 g/mol. The number of rotatable bonds is 6. The van der Waals surface area contributed by atoms with E-state index in [0.717, 1.165) is 11.3 Å². The molecule has 0 aliphatic carbocycles. The molecule has 3 aromatic rings. The van der Waals surface area contributed by atoms with Crippen LogP contribution in [0.3, 0.4) is 0 Å². The summed E-state index contributed by atoms with van der Waals surface area (Å²) in [5.74, 6) is -0.647. The molecule has 0 unspecified atom stereocenters. The van der Waals surface area contributed by atoms with E-state index in [1.54, 1.807) is 16.1 Å². The van der Waals surface area contributed by atoms with Gasteiger partial charge < -0.3 is 10.1 Å². The summed E-state index contributed by atoms with van der Waals surface area (Å²) in [6.45, 7) is 2.00. The second-order valence-electron chi connectivity index (χ2n) is 5.20. The Kier molecular flexibility index (Phi) is 5.64. The van der Waals surface area contributed by atoms with E-state index in [0.29, 0.717) is 15.7 Å². The van der Waals surface area contributed by atoms with Gasteiger partial charge in [0.2, 0.25) is 11.1 Å². The van der Waals surface area contributed by atoms with Crippen LogP contribution in [0.4, 0.5) is 5.69 Å². The summed E-state index contributed by atoms with van der Waals surface area (Å²) in [7, 11) is 1.30. The summed E-state index contributed by atoms with van der Waals surface area (Å²) in [6.07, 6.45) is 0. The molecular formula is C16H15N5O3S2. The fraction of sp³-hybridized carbons (Fsp3) is 0.188. The minimum atomic E-state index is -0.480. The van der Waals surface area contributed by atoms with Gasteiger partial charge in [-0.2, -0.15) is 4.68 Å². The average Bonchev–Trinajstić information content (AvgIpc) is 3.29. The van der Waals surface area contributed by atoms with E-state index < -0.39 is 5.97 Å². The van der Waals surface area contributed by atoms with E-state index in [4.69, 9.17) is 4.74 Å². The summed E-state index contributed by atoms with van der Waals surface area (Å²) in [6, 6.07) is 9.40. The second kappa shape index (κ2) is 8.11. The third-order valence-electron chi connectivity index (χ3n) is 3.36. The van der Waals surface area contributed by atoms with Crippen molar-refractivity contribution in [1.82, 2.24) is 20.2 Å². The molecule has 0 bridgehead atoms. The van der Waals surface area contributed by atoms with Crippen molar-refractivity contribution in [1.29, 1.82) is 0 Å². The number of anilines is 1. The summed E-state index contributed by atoms with van der Waals surface area (Å²) < 4.78 is 6.27. The molecule has 0 fully saturated rings. The van der Waals surface area contributed by atoms with E-state index in [9.17, 15) is 9.59 Å². The maximum atomic E-state index is 12.2. The molecule has 8 nitrogen and oxygen atoms in total. The number of hydrogen-bond acceptors (Lipinski definition) is 8. The zero-order valence-electron chi connectivity index (χ0n) is 14.0. The first-order valence-corrected chi connectivity index (χ1v) is 9.39. The van der Waals surface area contributed by atoms with Crippen molar-refractivity contribution >= 4 is 40.7 Å². The molecule has 2 heterocycles. The summed E-state index contributed by atoms with van der Waals surface area (Å²) in [5, 5.41) is 16.5. The van der Waals surface area contributed by atoms with Crippen LogP contribution in [0.1, 0.15) is 15.2 Å². The number of amides is 1. The van der Waals surface area contributed by atoms with E-state index in [-0.39, 0.29) is 11.7 Å². The Balaban J connectivity index is 1.64. The van der Waals surface area contributed by atoms with Gasteiger partial charge in [-0.1, -0.05) is 29.5 Å². The Hall–Kier alpha value is -2.72. The number of thioether (sulfide) groups is 1. The molecule has 0 saturated heterocycles. The number of nitrogens with one attached hydrogen (secondary N) is 1. The van der Waals surface area contributed by atoms with Crippen molar-refractivity contribution in [3.8, 4) is 5.69 Å². The van der Waals surface area contributed by atoms with E-state index >= 15 is 0 Å². The van der Waals surface area contributed by atoms with Crippen LogP contribution in [0.25, 0.3) is 5.69 Å². The number of ether oxygens (including phenoxy) is 1. The number of carbonyl (C=O) groups excluding carboxylic acids is 2. The third-order valence-corrected chi connectivity index (χ3v) is 5.18. The number of aryl methyl sites for hydroxylation is 1. The van der Waals surface area contributed by atoms with E-state index in [1.807, 2.05) is 31.2 Å². The van der Waals surface area contributed by atoms with Gasteiger partial charge in [0.05, 0.1) is 24.2 Å². The minimum Gasteiger partial charge on any atom is -0.465 e. The number of esters is 1. The number of tetrazole rings is 1. The van der Waals surface area contributed by atoms with Gasteiger partial charge in [-0.05, 0) is 40.9 Å². The van der Waals surface area contributed by atoms with E-state index in [1.165, 1.54) is 30.2 Å². The predicted molar refractivity (Wildman–Crippen MR) is 98.9 cm³/mol. The Morgan fingerprint density at radius 2 is 2.04 bits per heavy atom. The van der Waals surface area contributed by atoms with Crippen molar-refractivity contribution in [2.75, 3.05) is 18.2 Å². The van der Waals surface area contributed by atoms with Crippen LogP contribution < -0.4 is 5.32 Å². The number of hydrogen-bond donors (Lipinski definition) is 1. The van der Waals surface area contributed by atoms with Gasteiger partial charge in [0.15, 0.2) is 0 Å². The molecule has 0 spiro atoms. The van der Waals surface area contributed by atoms with Crippen LogP contribution in [0, 0.1) is 6.92 Å². The second-order valence-corrected chi connectivity index (χ2v) is 7.06. The molecule has 1 amide bonds. The van der Waals surface area contributed by atoms with Gasteiger partial charge >= 0.3 is 5.97 Å². The first kappa shape index (κ1) is 18.1. The fourth-order valence-electron chi connectivity index (χ4n) is 2.09. The molecule has 0 aliphatic heterocycles. The molecule has 134 valence electrons.